The number of benzene rings is 1. The minimum absolute atomic E-state index is 0.769. The molecule has 0 spiro atoms. The number of rotatable bonds is 9. The summed E-state index contributed by atoms with van der Waals surface area (Å²) in [5, 5.41) is 3.41. The summed E-state index contributed by atoms with van der Waals surface area (Å²) >= 11 is 0. The number of ether oxygens (including phenoxy) is 2. The number of hydrogen-bond acceptors (Lipinski definition) is 3. The van der Waals surface area contributed by atoms with E-state index in [4.69, 9.17) is 9.47 Å². The van der Waals surface area contributed by atoms with E-state index >= 15 is 0 Å². The van der Waals surface area contributed by atoms with Crippen LogP contribution in [0.3, 0.4) is 0 Å². The van der Waals surface area contributed by atoms with Gasteiger partial charge in [-0.25, -0.2) is 0 Å². The molecular weight excluding hydrogens is 226 g/mol. The molecule has 0 fully saturated rings. The van der Waals surface area contributed by atoms with E-state index in [1.807, 2.05) is 18.2 Å². The Bertz CT molecular complexity index is 339. The smallest absolute Gasteiger partial charge is 0.162 e. The lowest BCUT2D eigenvalue weighted by molar-refractivity contribution is 0.355. The molecule has 0 saturated carbocycles. The molecule has 0 saturated heterocycles. The monoisotopic (exact) mass is 251 g/mol. The van der Waals surface area contributed by atoms with Gasteiger partial charge in [0, 0.05) is 18.3 Å². The Morgan fingerprint density at radius 1 is 0.944 bits per heavy atom. The average Bonchev–Trinajstić information content (AvgIpc) is 2.42. The van der Waals surface area contributed by atoms with Crippen molar-refractivity contribution < 1.29 is 9.47 Å². The molecule has 102 valence electrons. The van der Waals surface area contributed by atoms with Crippen LogP contribution in [0.1, 0.15) is 39.0 Å². The van der Waals surface area contributed by atoms with E-state index in [9.17, 15) is 0 Å². The molecule has 0 radical (unpaired) electrons. The summed E-state index contributed by atoms with van der Waals surface area (Å²) in [6.07, 6.45) is 6.49. The van der Waals surface area contributed by atoms with Crippen molar-refractivity contribution in [3.8, 4) is 11.5 Å². The quantitative estimate of drug-likeness (QED) is 0.671. The molecule has 1 N–H and O–H groups in total. The zero-order chi connectivity index (χ0) is 13.2. The fourth-order valence-electron chi connectivity index (χ4n) is 1.91. The highest BCUT2D eigenvalue weighted by Crippen LogP contribution is 2.29. The molecule has 0 unspecified atom stereocenters. The minimum atomic E-state index is 0.769. The molecule has 1 aromatic carbocycles. The third-order valence-electron chi connectivity index (χ3n) is 2.99. The van der Waals surface area contributed by atoms with Crippen LogP contribution in [-0.4, -0.2) is 20.8 Å². The van der Waals surface area contributed by atoms with Crippen molar-refractivity contribution in [2.75, 3.05) is 26.1 Å². The van der Waals surface area contributed by atoms with Crippen molar-refractivity contribution in [1.29, 1.82) is 0 Å². The van der Waals surface area contributed by atoms with Crippen molar-refractivity contribution in [2.24, 2.45) is 0 Å². The molecule has 0 aromatic heterocycles. The van der Waals surface area contributed by atoms with E-state index in [1.54, 1.807) is 14.2 Å². The van der Waals surface area contributed by atoms with Crippen molar-refractivity contribution in [3.05, 3.63) is 18.2 Å². The molecule has 0 heterocycles. The molecule has 18 heavy (non-hydrogen) atoms. The lowest BCUT2D eigenvalue weighted by atomic mass is 10.1. The van der Waals surface area contributed by atoms with Gasteiger partial charge in [0.15, 0.2) is 11.5 Å². The summed E-state index contributed by atoms with van der Waals surface area (Å²) < 4.78 is 10.5. The maximum absolute atomic E-state index is 5.27. The second-order valence-corrected chi connectivity index (χ2v) is 4.41. The van der Waals surface area contributed by atoms with Crippen molar-refractivity contribution in [2.45, 2.75) is 39.0 Å². The Morgan fingerprint density at radius 2 is 1.67 bits per heavy atom. The van der Waals surface area contributed by atoms with E-state index in [-0.39, 0.29) is 0 Å². The van der Waals surface area contributed by atoms with Gasteiger partial charge in [0.1, 0.15) is 0 Å². The summed E-state index contributed by atoms with van der Waals surface area (Å²) in [7, 11) is 3.31. The molecular formula is C15H25NO2. The van der Waals surface area contributed by atoms with Gasteiger partial charge in [0.2, 0.25) is 0 Å². The van der Waals surface area contributed by atoms with Crippen molar-refractivity contribution >= 4 is 5.69 Å². The normalized spacial score (nSPS) is 10.2. The Hall–Kier alpha value is -1.38. The van der Waals surface area contributed by atoms with Crippen LogP contribution < -0.4 is 14.8 Å². The third-order valence-corrected chi connectivity index (χ3v) is 2.99. The zero-order valence-corrected chi connectivity index (χ0v) is 11.8. The number of nitrogens with one attached hydrogen (secondary N) is 1. The first-order valence-corrected chi connectivity index (χ1v) is 6.77. The van der Waals surface area contributed by atoms with E-state index in [0.717, 1.165) is 23.7 Å². The molecule has 3 heteroatoms. The highest BCUT2D eigenvalue weighted by molar-refractivity contribution is 5.54. The molecule has 0 aliphatic carbocycles. The van der Waals surface area contributed by atoms with Crippen molar-refractivity contribution in [3.63, 3.8) is 0 Å². The van der Waals surface area contributed by atoms with E-state index < -0.39 is 0 Å². The third kappa shape index (κ3) is 4.86. The highest BCUT2D eigenvalue weighted by atomic mass is 16.5. The summed E-state index contributed by atoms with van der Waals surface area (Å²) in [4.78, 5) is 0. The molecule has 0 bridgehead atoms. The van der Waals surface area contributed by atoms with Crippen LogP contribution in [0.2, 0.25) is 0 Å². The van der Waals surface area contributed by atoms with Crippen LogP contribution in [0.4, 0.5) is 5.69 Å². The van der Waals surface area contributed by atoms with Gasteiger partial charge in [0.05, 0.1) is 14.2 Å². The summed E-state index contributed by atoms with van der Waals surface area (Å²) in [6.45, 7) is 3.25. The molecule has 0 atom stereocenters. The lowest BCUT2D eigenvalue weighted by Gasteiger charge is -2.11. The van der Waals surface area contributed by atoms with Crippen LogP contribution in [-0.2, 0) is 0 Å². The van der Waals surface area contributed by atoms with Gasteiger partial charge in [-0.3, -0.25) is 0 Å². The SMILES string of the molecule is CCCCCCCNc1ccc(OC)c(OC)c1. The topological polar surface area (TPSA) is 30.5 Å². The number of anilines is 1. The highest BCUT2D eigenvalue weighted by Gasteiger charge is 2.03. The first-order chi connectivity index (χ1) is 8.81. The number of unbranched alkanes of at least 4 members (excludes halogenated alkanes) is 4. The second-order valence-electron chi connectivity index (χ2n) is 4.41. The molecule has 0 aliphatic heterocycles. The Balaban J connectivity index is 2.34. The standard InChI is InChI=1S/C15H25NO2/c1-4-5-6-7-8-11-16-13-9-10-14(17-2)15(12-13)18-3/h9-10,12,16H,4-8,11H2,1-3H3. The fourth-order valence-corrected chi connectivity index (χ4v) is 1.91. The fraction of sp³-hybridized carbons (Fsp3) is 0.600. The number of methoxy groups -OCH3 is 2. The minimum Gasteiger partial charge on any atom is -0.493 e. The first kappa shape index (κ1) is 14.7. The van der Waals surface area contributed by atoms with Crippen molar-refractivity contribution in [1.82, 2.24) is 0 Å². The van der Waals surface area contributed by atoms with Crippen LogP contribution in [0.25, 0.3) is 0 Å². The van der Waals surface area contributed by atoms with Crippen LogP contribution in [0.5, 0.6) is 11.5 Å². The maximum Gasteiger partial charge on any atom is 0.162 e. The van der Waals surface area contributed by atoms with E-state index in [1.165, 1.54) is 32.1 Å². The molecule has 1 aromatic rings. The van der Waals surface area contributed by atoms with Crippen LogP contribution in [0.15, 0.2) is 18.2 Å². The zero-order valence-electron chi connectivity index (χ0n) is 11.8. The Morgan fingerprint density at radius 3 is 2.33 bits per heavy atom. The number of hydrogen-bond donors (Lipinski definition) is 1. The van der Waals surface area contributed by atoms with Gasteiger partial charge >= 0.3 is 0 Å². The Labute approximate surface area is 110 Å². The lowest BCUT2D eigenvalue weighted by Crippen LogP contribution is -2.02. The van der Waals surface area contributed by atoms with E-state index in [0.29, 0.717) is 0 Å². The summed E-state index contributed by atoms with van der Waals surface area (Å²) in [6, 6.07) is 5.93. The summed E-state index contributed by atoms with van der Waals surface area (Å²) in [5.41, 5.74) is 1.09. The van der Waals surface area contributed by atoms with Gasteiger partial charge in [-0.15, -0.1) is 0 Å². The molecule has 0 amide bonds. The van der Waals surface area contributed by atoms with Gasteiger partial charge in [0.25, 0.3) is 0 Å². The van der Waals surface area contributed by atoms with E-state index in [2.05, 4.69) is 12.2 Å². The predicted molar refractivity (Wildman–Crippen MR) is 76.8 cm³/mol. The molecule has 3 nitrogen and oxygen atoms in total. The van der Waals surface area contributed by atoms with Gasteiger partial charge in [-0.05, 0) is 18.6 Å². The van der Waals surface area contributed by atoms with Gasteiger partial charge in [-0.1, -0.05) is 32.6 Å². The van der Waals surface area contributed by atoms with Gasteiger partial charge in [-0.2, -0.15) is 0 Å². The maximum atomic E-state index is 5.27. The molecule has 0 aliphatic rings. The molecule has 1 rings (SSSR count). The Kier molecular flexibility index (Phi) is 7.07. The average molecular weight is 251 g/mol. The predicted octanol–water partition coefficient (Wildman–Crippen LogP) is 4.09. The van der Waals surface area contributed by atoms with Crippen LogP contribution in [0, 0.1) is 0 Å². The van der Waals surface area contributed by atoms with Gasteiger partial charge < -0.3 is 14.8 Å². The summed E-state index contributed by atoms with van der Waals surface area (Å²) in [5.74, 6) is 1.54. The largest absolute Gasteiger partial charge is 0.493 e. The first-order valence-electron chi connectivity index (χ1n) is 6.77. The second kappa shape index (κ2) is 8.67. The van der Waals surface area contributed by atoms with Crippen LogP contribution >= 0.6 is 0 Å².